The number of nitrogens with zero attached hydrogens (tertiary/aromatic N) is 1. The van der Waals surface area contributed by atoms with E-state index in [0.29, 0.717) is 6.61 Å². The minimum atomic E-state index is -0.312. The Hall–Kier alpha value is -0.490. The Morgan fingerprint density at radius 1 is 1.20 bits per heavy atom. The predicted octanol–water partition coefficient (Wildman–Crippen LogP) is 3.45. The van der Waals surface area contributed by atoms with Crippen LogP contribution in [0.5, 0.6) is 0 Å². The average Bonchev–Trinajstić information content (AvgIpc) is 2.79. The summed E-state index contributed by atoms with van der Waals surface area (Å²) in [7, 11) is 3.45. The standard InChI is InChI=1S/C15H28N2O2S/c1-8-15(5,19-7)13-17-11(10-18-6)12(20-13)9-16-14(2,3)4/h16H,8-10H2,1-7H3. The van der Waals surface area contributed by atoms with Crippen molar-refractivity contribution in [1.82, 2.24) is 10.3 Å². The van der Waals surface area contributed by atoms with Gasteiger partial charge in [-0.1, -0.05) is 6.92 Å². The summed E-state index contributed by atoms with van der Waals surface area (Å²) in [5, 5.41) is 4.54. The Labute approximate surface area is 126 Å². The molecule has 0 aliphatic rings. The van der Waals surface area contributed by atoms with Crippen LogP contribution in [0.3, 0.4) is 0 Å². The number of hydrogen-bond donors (Lipinski definition) is 1. The Morgan fingerprint density at radius 2 is 1.85 bits per heavy atom. The molecule has 0 aliphatic heterocycles. The van der Waals surface area contributed by atoms with E-state index in [2.05, 4.69) is 39.9 Å². The largest absolute Gasteiger partial charge is 0.378 e. The van der Waals surface area contributed by atoms with Gasteiger partial charge < -0.3 is 14.8 Å². The topological polar surface area (TPSA) is 43.4 Å². The monoisotopic (exact) mass is 300 g/mol. The molecule has 5 heteroatoms. The van der Waals surface area contributed by atoms with Gasteiger partial charge in [-0.15, -0.1) is 11.3 Å². The van der Waals surface area contributed by atoms with Crippen molar-refractivity contribution in [3.8, 4) is 0 Å². The van der Waals surface area contributed by atoms with E-state index in [9.17, 15) is 0 Å². The molecular formula is C15H28N2O2S. The second kappa shape index (κ2) is 6.98. The summed E-state index contributed by atoms with van der Waals surface area (Å²) >= 11 is 1.72. The molecule has 1 unspecified atom stereocenters. The van der Waals surface area contributed by atoms with Crippen LogP contribution in [0.25, 0.3) is 0 Å². The number of nitrogens with one attached hydrogen (secondary N) is 1. The number of thiazole rings is 1. The van der Waals surface area contributed by atoms with Gasteiger partial charge in [0.05, 0.1) is 12.3 Å². The molecule has 0 fully saturated rings. The van der Waals surface area contributed by atoms with Crippen molar-refractivity contribution in [2.75, 3.05) is 14.2 Å². The predicted molar refractivity (Wildman–Crippen MR) is 84.1 cm³/mol. The van der Waals surface area contributed by atoms with Crippen molar-refractivity contribution in [1.29, 1.82) is 0 Å². The molecule has 0 spiro atoms. The zero-order valence-corrected chi connectivity index (χ0v) is 14.6. The quantitative estimate of drug-likeness (QED) is 0.837. The zero-order valence-electron chi connectivity index (χ0n) is 13.8. The normalized spacial score (nSPS) is 15.3. The van der Waals surface area contributed by atoms with Crippen molar-refractivity contribution < 1.29 is 9.47 Å². The van der Waals surface area contributed by atoms with Crippen molar-refractivity contribution in [3.05, 3.63) is 15.6 Å². The zero-order chi connectivity index (χ0) is 15.4. The smallest absolute Gasteiger partial charge is 0.125 e. The molecule has 0 saturated heterocycles. The highest BCUT2D eigenvalue weighted by atomic mass is 32.1. The number of hydrogen-bond acceptors (Lipinski definition) is 5. The third-order valence-electron chi connectivity index (χ3n) is 3.42. The Bertz CT molecular complexity index is 420. The molecule has 1 atom stereocenters. The highest BCUT2D eigenvalue weighted by molar-refractivity contribution is 7.11. The van der Waals surface area contributed by atoms with Gasteiger partial charge in [0.2, 0.25) is 0 Å². The number of aromatic nitrogens is 1. The molecule has 1 N–H and O–H groups in total. The van der Waals surface area contributed by atoms with Crippen LogP contribution in [0.2, 0.25) is 0 Å². The SMILES string of the molecule is CCC(C)(OC)c1nc(COC)c(CNC(C)(C)C)s1. The second-order valence-corrected chi connectivity index (χ2v) is 7.30. The van der Waals surface area contributed by atoms with Crippen LogP contribution < -0.4 is 5.32 Å². The van der Waals surface area contributed by atoms with E-state index in [-0.39, 0.29) is 11.1 Å². The first kappa shape index (κ1) is 17.6. The highest BCUT2D eigenvalue weighted by Gasteiger charge is 2.29. The van der Waals surface area contributed by atoms with E-state index in [1.165, 1.54) is 4.88 Å². The summed E-state index contributed by atoms with van der Waals surface area (Å²) in [4.78, 5) is 5.97. The molecule has 0 bridgehead atoms. The lowest BCUT2D eigenvalue weighted by atomic mass is 10.1. The molecule has 0 aromatic carbocycles. The fraction of sp³-hybridized carbons (Fsp3) is 0.800. The Balaban J connectivity index is 3.01. The van der Waals surface area contributed by atoms with Crippen molar-refractivity contribution in [2.24, 2.45) is 0 Å². The summed E-state index contributed by atoms with van der Waals surface area (Å²) in [6, 6.07) is 0. The molecule has 1 rings (SSSR count). The van der Waals surface area contributed by atoms with Gasteiger partial charge in [-0.2, -0.15) is 0 Å². The molecule has 0 saturated carbocycles. The molecule has 20 heavy (non-hydrogen) atoms. The molecule has 0 radical (unpaired) electrons. The molecule has 1 aromatic heterocycles. The lowest BCUT2D eigenvalue weighted by molar-refractivity contribution is -0.00183. The first-order valence-electron chi connectivity index (χ1n) is 7.04. The van der Waals surface area contributed by atoms with E-state index in [0.717, 1.165) is 23.7 Å². The molecule has 0 amide bonds. The summed E-state index contributed by atoms with van der Waals surface area (Å²) in [6.45, 7) is 12.0. The van der Waals surface area contributed by atoms with Crippen LogP contribution in [-0.2, 0) is 28.2 Å². The van der Waals surface area contributed by atoms with Crippen LogP contribution in [0.15, 0.2) is 0 Å². The van der Waals surface area contributed by atoms with Crippen molar-refractivity contribution in [2.45, 2.75) is 65.3 Å². The summed E-state index contributed by atoms with van der Waals surface area (Å²) in [5.74, 6) is 0. The lowest BCUT2D eigenvalue weighted by Crippen LogP contribution is -2.35. The number of ether oxygens (including phenoxy) is 2. The van der Waals surface area contributed by atoms with Crippen molar-refractivity contribution in [3.63, 3.8) is 0 Å². The fourth-order valence-corrected chi connectivity index (χ4v) is 2.92. The van der Waals surface area contributed by atoms with Gasteiger partial charge in [-0.05, 0) is 34.1 Å². The minimum absolute atomic E-state index is 0.0871. The molecule has 116 valence electrons. The fourth-order valence-electron chi connectivity index (χ4n) is 1.73. The maximum atomic E-state index is 5.65. The van der Waals surface area contributed by atoms with E-state index in [4.69, 9.17) is 14.5 Å². The Morgan fingerprint density at radius 3 is 2.30 bits per heavy atom. The molecule has 1 aromatic rings. The molecule has 0 aliphatic carbocycles. The Kier molecular flexibility index (Phi) is 6.13. The van der Waals surface area contributed by atoms with Crippen LogP contribution in [0.4, 0.5) is 0 Å². The van der Waals surface area contributed by atoms with Crippen LogP contribution >= 0.6 is 11.3 Å². The van der Waals surface area contributed by atoms with Gasteiger partial charge in [0, 0.05) is 31.2 Å². The van der Waals surface area contributed by atoms with Crippen LogP contribution in [-0.4, -0.2) is 24.7 Å². The third kappa shape index (κ3) is 4.52. The van der Waals surface area contributed by atoms with E-state index >= 15 is 0 Å². The molecule has 4 nitrogen and oxygen atoms in total. The average molecular weight is 300 g/mol. The van der Waals surface area contributed by atoms with E-state index in [1.54, 1.807) is 25.6 Å². The van der Waals surface area contributed by atoms with Gasteiger partial charge in [0.25, 0.3) is 0 Å². The molecular weight excluding hydrogens is 272 g/mol. The van der Waals surface area contributed by atoms with Gasteiger partial charge in [-0.3, -0.25) is 0 Å². The van der Waals surface area contributed by atoms with Gasteiger partial charge in [0.1, 0.15) is 10.6 Å². The highest BCUT2D eigenvalue weighted by Crippen LogP contribution is 2.33. The maximum absolute atomic E-state index is 5.65. The summed E-state index contributed by atoms with van der Waals surface area (Å²) in [5.41, 5.74) is 0.790. The van der Waals surface area contributed by atoms with Gasteiger partial charge in [0.15, 0.2) is 0 Å². The molecule has 1 heterocycles. The van der Waals surface area contributed by atoms with E-state index in [1.807, 2.05) is 0 Å². The third-order valence-corrected chi connectivity index (χ3v) is 4.76. The number of methoxy groups -OCH3 is 2. The van der Waals surface area contributed by atoms with Crippen LogP contribution in [0, 0.1) is 0 Å². The second-order valence-electron chi connectivity index (χ2n) is 6.21. The van der Waals surface area contributed by atoms with Crippen LogP contribution in [0.1, 0.15) is 56.6 Å². The first-order chi connectivity index (χ1) is 9.25. The number of rotatable bonds is 7. The van der Waals surface area contributed by atoms with E-state index < -0.39 is 0 Å². The minimum Gasteiger partial charge on any atom is -0.378 e. The lowest BCUT2D eigenvalue weighted by Gasteiger charge is -2.23. The summed E-state index contributed by atoms with van der Waals surface area (Å²) in [6.07, 6.45) is 0.898. The maximum Gasteiger partial charge on any atom is 0.125 e. The van der Waals surface area contributed by atoms with Gasteiger partial charge in [-0.25, -0.2) is 4.98 Å². The van der Waals surface area contributed by atoms with Crippen molar-refractivity contribution >= 4 is 11.3 Å². The first-order valence-corrected chi connectivity index (χ1v) is 7.85. The van der Waals surface area contributed by atoms with Gasteiger partial charge >= 0.3 is 0 Å². The summed E-state index contributed by atoms with van der Waals surface area (Å²) < 4.78 is 10.9.